The van der Waals surface area contributed by atoms with E-state index in [0.29, 0.717) is 11.3 Å². The van der Waals surface area contributed by atoms with Crippen LogP contribution in [0.25, 0.3) is 6.08 Å². The van der Waals surface area contributed by atoms with Gasteiger partial charge in [0.1, 0.15) is 5.82 Å². The minimum absolute atomic E-state index is 0.0579. The number of para-hydroxylation sites is 1. The number of carbonyl (C=O) groups excluding carboxylic acids is 2. The van der Waals surface area contributed by atoms with Gasteiger partial charge in [-0.15, -0.1) is 11.3 Å². The average Bonchev–Trinajstić information content (AvgIpc) is 3.21. The molecule has 1 atom stereocenters. The van der Waals surface area contributed by atoms with Crippen molar-refractivity contribution in [3.8, 4) is 0 Å². The summed E-state index contributed by atoms with van der Waals surface area (Å²) in [5.41, 5.74) is -0.0666. The Morgan fingerprint density at radius 3 is 2.55 bits per heavy atom. The third-order valence-electron chi connectivity index (χ3n) is 4.59. The molecular weight excluding hydrogens is 458 g/mol. The number of rotatable bonds is 6. The van der Waals surface area contributed by atoms with Gasteiger partial charge in [0.05, 0.1) is 23.0 Å². The summed E-state index contributed by atoms with van der Waals surface area (Å²) in [6, 6.07) is 9.85. The van der Waals surface area contributed by atoms with Gasteiger partial charge in [0, 0.05) is 18.4 Å². The molecule has 10 heteroatoms. The molecule has 0 radical (unpaired) electrons. The fraction of sp³-hybridized carbons (Fsp3) is 0.174. The van der Waals surface area contributed by atoms with Crippen molar-refractivity contribution >= 4 is 40.0 Å². The number of nitrogens with one attached hydrogen (secondary N) is 1. The predicted molar refractivity (Wildman–Crippen MR) is 118 cm³/mol. The number of alkyl halides is 3. The van der Waals surface area contributed by atoms with Crippen molar-refractivity contribution in [3.63, 3.8) is 0 Å². The van der Waals surface area contributed by atoms with Gasteiger partial charge >= 0.3 is 6.18 Å². The summed E-state index contributed by atoms with van der Waals surface area (Å²) in [5.74, 6) is -1.55. The van der Waals surface area contributed by atoms with Gasteiger partial charge in [-0.3, -0.25) is 14.5 Å². The van der Waals surface area contributed by atoms with Gasteiger partial charge in [0.15, 0.2) is 5.13 Å². The normalized spacial score (nSPS) is 12.5. The fourth-order valence-corrected chi connectivity index (χ4v) is 3.83. The Labute approximate surface area is 191 Å². The van der Waals surface area contributed by atoms with Gasteiger partial charge in [-0.05, 0) is 42.8 Å². The van der Waals surface area contributed by atoms with Crippen molar-refractivity contribution in [3.05, 3.63) is 82.6 Å². The van der Waals surface area contributed by atoms with Crippen molar-refractivity contribution in [2.75, 3.05) is 4.90 Å². The van der Waals surface area contributed by atoms with E-state index in [0.717, 1.165) is 28.4 Å². The average molecular weight is 477 g/mol. The minimum atomic E-state index is -4.47. The Kier molecular flexibility index (Phi) is 7.27. The number of thiazole rings is 1. The maximum atomic E-state index is 14.2. The van der Waals surface area contributed by atoms with E-state index in [-0.39, 0.29) is 10.8 Å². The number of carbonyl (C=O) groups is 2. The number of amides is 2. The van der Waals surface area contributed by atoms with Gasteiger partial charge in [0.2, 0.25) is 11.8 Å². The molecule has 5 nitrogen and oxygen atoms in total. The predicted octanol–water partition coefficient (Wildman–Crippen LogP) is 5.88. The van der Waals surface area contributed by atoms with E-state index in [9.17, 15) is 27.2 Å². The molecule has 0 aliphatic carbocycles. The van der Waals surface area contributed by atoms with Crippen LogP contribution in [0.3, 0.4) is 0 Å². The lowest BCUT2D eigenvalue weighted by Gasteiger charge is -2.18. The fourth-order valence-electron chi connectivity index (χ4n) is 2.99. The van der Waals surface area contributed by atoms with Crippen molar-refractivity contribution in [1.82, 2.24) is 10.3 Å². The van der Waals surface area contributed by atoms with Crippen LogP contribution in [0.4, 0.5) is 28.4 Å². The molecule has 0 aliphatic rings. The van der Waals surface area contributed by atoms with Gasteiger partial charge in [0.25, 0.3) is 0 Å². The largest absolute Gasteiger partial charge is 0.416 e. The SMILES string of the molecule is CC(=O)N(c1nc(/C=C/C(=O)NC(C)c2cccc(C(F)(F)F)c2)cs1)c1ccccc1F. The summed E-state index contributed by atoms with van der Waals surface area (Å²) in [7, 11) is 0. The summed E-state index contributed by atoms with van der Waals surface area (Å²) < 4.78 is 52.8. The number of anilines is 2. The van der Waals surface area contributed by atoms with E-state index in [1.54, 1.807) is 18.4 Å². The maximum absolute atomic E-state index is 14.2. The van der Waals surface area contributed by atoms with E-state index in [1.807, 2.05) is 0 Å². The standard InChI is InChI=1S/C23H19F4N3O2S/c1-14(16-6-5-7-17(12-16)23(25,26)27)28-21(32)11-10-18-13-33-22(29-18)30(15(2)31)20-9-4-3-8-19(20)24/h3-14H,1-2H3,(H,28,32)/b11-10+. The second-order valence-corrected chi connectivity index (χ2v) is 7.88. The maximum Gasteiger partial charge on any atom is 0.416 e. The Morgan fingerprint density at radius 1 is 1.15 bits per heavy atom. The van der Waals surface area contributed by atoms with Crippen LogP contribution in [-0.2, 0) is 15.8 Å². The molecule has 1 heterocycles. The number of hydrogen-bond donors (Lipinski definition) is 1. The second-order valence-electron chi connectivity index (χ2n) is 7.05. The first-order chi connectivity index (χ1) is 15.6. The summed E-state index contributed by atoms with van der Waals surface area (Å²) in [6.45, 7) is 2.85. The second kappa shape index (κ2) is 9.95. The number of halogens is 4. The van der Waals surface area contributed by atoms with Gasteiger partial charge < -0.3 is 5.32 Å². The van der Waals surface area contributed by atoms with Crippen molar-refractivity contribution in [2.45, 2.75) is 26.1 Å². The van der Waals surface area contributed by atoms with Crippen molar-refractivity contribution in [1.29, 1.82) is 0 Å². The Balaban J connectivity index is 1.70. The van der Waals surface area contributed by atoms with Crippen LogP contribution in [0, 0.1) is 5.82 Å². The highest BCUT2D eigenvalue weighted by Gasteiger charge is 2.30. The van der Waals surface area contributed by atoms with Gasteiger partial charge in [-0.25, -0.2) is 9.37 Å². The first-order valence-electron chi connectivity index (χ1n) is 9.72. The molecule has 33 heavy (non-hydrogen) atoms. The Hall–Kier alpha value is -3.53. The highest BCUT2D eigenvalue weighted by atomic mass is 32.1. The zero-order chi connectivity index (χ0) is 24.2. The van der Waals surface area contributed by atoms with Gasteiger partial charge in [-0.1, -0.05) is 24.3 Å². The molecule has 0 spiro atoms. The molecule has 3 rings (SSSR count). The molecule has 2 aromatic carbocycles. The van der Waals surface area contributed by atoms with E-state index < -0.39 is 35.4 Å². The van der Waals surface area contributed by atoms with Gasteiger partial charge in [-0.2, -0.15) is 13.2 Å². The first-order valence-corrected chi connectivity index (χ1v) is 10.6. The third-order valence-corrected chi connectivity index (χ3v) is 5.43. The van der Waals surface area contributed by atoms with Crippen molar-refractivity contribution < 1.29 is 27.2 Å². The molecule has 0 saturated heterocycles. The topological polar surface area (TPSA) is 62.3 Å². The highest BCUT2D eigenvalue weighted by Crippen LogP contribution is 2.32. The molecule has 0 fully saturated rings. The summed E-state index contributed by atoms with van der Waals surface area (Å²) in [6.07, 6.45) is -1.89. The molecule has 172 valence electrons. The Morgan fingerprint density at radius 2 is 1.88 bits per heavy atom. The zero-order valence-corrected chi connectivity index (χ0v) is 18.4. The first kappa shape index (κ1) is 24.1. The lowest BCUT2D eigenvalue weighted by molar-refractivity contribution is -0.137. The van der Waals surface area contributed by atoms with E-state index in [4.69, 9.17) is 0 Å². The van der Waals surface area contributed by atoms with Crippen LogP contribution in [0.2, 0.25) is 0 Å². The molecule has 1 N–H and O–H groups in total. The van der Waals surface area contributed by atoms with Crippen LogP contribution in [0.5, 0.6) is 0 Å². The molecule has 0 bridgehead atoms. The summed E-state index contributed by atoms with van der Waals surface area (Å²) in [5, 5.41) is 4.41. The Bertz CT molecular complexity index is 1190. The highest BCUT2D eigenvalue weighted by molar-refractivity contribution is 7.14. The van der Waals surface area contributed by atoms with Crippen LogP contribution < -0.4 is 10.2 Å². The number of aromatic nitrogens is 1. The molecule has 3 aromatic rings. The smallest absolute Gasteiger partial charge is 0.346 e. The molecular formula is C23H19F4N3O2S. The van der Waals surface area contributed by atoms with Crippen LogP contribution in [0.1, 0.15) is 36.7 Å². The number of hydrogen-bond acceptors (Lipinski definition) is 4. The van der Waals surface area contributed by atoms with Crippen LogP contribution >= 0.6 is 11.3 Å². The van der Waals surface area contributed by atoms with Crippen LogP contribution in [-0.4, -0.2) is 16.8 Å². The number of benzene rings is 2. The van der Waals surface area contributed by atoms with Crippen LogP contribution in [0.15, 0.2) is 60.0 Å². The molecule has 0 aliphatic heterocycles. The third kappa shape index (κ3) is 6.04. The monoisotopic (exact) mass is 477 g/mol. The molecule has 1 aromatic heterocycles. The van der Waals surface area contributed by atoms with E-state index >= 15 is 0 Å². The quantitative estimate of drug-likeness (QED) is 0.357. The zero-order valence-electron chi connectivity index (χ0n) is 17.6. The minimum Gasteiger partial charge on any atom is -0.346 e. The number of nitrogens with zero attached hydrogens (tertiary/aromatic N) is 2. The molecule has 0 saturated carbocycles. The summed E-state index contributed by atoms with van der Waals surface area (Å²) >= 11 is 1.09. The van der Waals surface area contributed by atoms with E-state index in [1.165, 1.54) is 49.4 Å². The molecule has 2 amide bonds. The lowest BCUT2D eigenvalue weighted by atomic mass is 10.0. The molecule has 1 unspecified atom stereocenters. The van der Waals surface area contributed by atoms with E-state index in [2.05, 4.69) is 10.3 Å². The van der Waals surface area contributed by atoms with Crippen molar-refractivity contribution in [2.24, 2.45) is 0 Å². The summed E-state index contributed by atoms with van der Waals surface area (Å²) in [4.78, 5) is 29.7. The lowest BCUT2D eigenvalue weighted by Crippen LogP contribution is -2.25.